The van der Waals surface area contributed by atoms with E-state index in [1.54, 1.807) is 50.6 Å². The van der Waals surface area contributed by atoms with Crippen LogP contribution in [0.15, 0.2) is 41.4 Å². The molecule has 1 aliphatic rings. The number of methoxy groups -OCH3 is 1. The molecule has 0 aliphatic heterocycles. The molecule has 3 rings (SSSR count). The van der Waals surface area contributed by atoms with Crippen LogP contribution in [0.4, 0.5) is 15.8 Å². The van der Waals surface area contributed by atoms with Crippen LogP contribution in [0.5, 0.6) is 5.75 Å². The minimum Gasteiger partial charge on any atom is -0.491 e. The van der Waals surface area contributed by atoms with Crippen LogP contribution < -0.4 is 31.1 Å². The number of benzene rings is 2. The number of amides is 2. The Labute approximate surface area is 216 Å². The summed E-state index contributed by atoms with van der Waals surface area (Å²) in [5.74, 6) is -0.124. The van der Waals surface area contributed by atoms with E-state index in [0.717, 1.165) is 12.8 Å². The number of carbonyl (C=O) groups is 2. The third-order valence-corrected chi connectivity index (χ3v) is 6.01. The fourth-order valence-corrected chi connectivity index (χ4v) is 3.95. The number of nitrogens with zero attached hydrogens (tertiary/aromatic N) is 1. The van der Waals surface area contributed by atoms with Crippen molar-refractivity contribution in [2.24, 2.45) is 10.9 Å². The standard InChI is InChI=1S/C28H35FN4O4/c1-6-30-27(26-18(2)15-22(16-23(26)29)37-14-13-36-5)32-21-11-9-20(10-12-21)31-24(34)17-25(35)33-28(3,4)19-7-8-19/h6,9-12,15-16,19,32H,2,7-8,13-14,17H2,1,3-5H3,(H,31,34)(H,33,35)/b27-26-,30-6-. The fraction of sp³-hybridized carbons (Fsp3) is 0.393. The summed E-state index contributed by atoms with van der Waals surface area (Å²) in [4.78, 5) is 28.9. The van der Waals surface area contributed by atoms with Gasteiger partial charge in [-0.2, -0.15) is 0 Å². The molecule has 1 aliphatic carbocycles. The Bertz CT molecular complexity index is 1250. The zero-order chi connectivity index (χ0) is 27.0. The van der Waals surface area contributed by atoms with Gasteiger partial charge in [-0.3, -0.25) is 9.59 Å². The monoisotopic (exact) mass is 510 g/mol. The Morgan fingerprint density at radius 1 is 1.11 bits per heavy atom. The minimum atomic E-state index is -0.528. The van der Waals surface area contributed by atoms with Crippen LogP contribution in [0.1, 0.15) is 40.0 Å². The fourth-order valence-electron chi connectivity index (χ4n) is 3.95. The molecule has 2 aromatic carbocycles. The molecule has 1 saturated carbocycles. The Hall–Kier alpha value is -3.72. The summed E-state index contributed by atoms with van der Waals surface area (Å²) in [6, 6.07) is 9.75. The minimum absolute atomic E-state index is 0.217. The highest BCUT2D eigenvalue weighted by Gasteiger charge is 2.38. The second-order valence-electron chi connectivity index (χ2n) is 9.49. The molecule has 0 spiro atoms. The van der Waals surface area contributed by atoms with Gasteiger partial charge in [0.1, 0.15) is 30.4 Å². The molecule has 2 amide bonds. The molecule has 0 heterocycles. The van der Waals surface area contributed by atoms with Crippen LogP contribution in [-0.4, -0.2) is 43.9 Å². The number of hydrogen-bond acceptors (Lipinski definition) is 6. The van der Waals surface area contributed by atoms with Crippen LogP contribution >= 0.6 is 0 Å². The molecule has 0 unspecified atom stereocenters. The van der Waals surface area contributed by atoms with Gasteiger partial charge in [-0.05, 0) is 75.1 Å². The van der Waals surface area contributed by atoms with E-state index >= 15 is 0 Å². The van der Waals surface area contributed by atoms with Crippen molar-refractivity contribution in [2.75, 3.05) is 31.0 Å². The van der Waals surface area contributed by atoms with E-state index in [4.69, 9.17) is 9.47 Å². The molecule has 2 aromatic rings. The zero-order valence-electron chi connectivity index (χ0n) is 21.8. The quantitative estimate of drug-likeness (QED) is 0.231. The van der Waals surface area contributed by atoms with Crippen LogP contribution in [0, 0.1) is 11.7 Å². The van der Waals surface area contributed by atoms with E-state index < -0.39 is 11.7 Å². The predicted octanol–water partition coefficient (Wildman–Crippen LogP) is 3.16. The van der Waals surface area contributed by atoms with Crippen LogP contribution in [0.2, 0.25) is 0 Å². The lowest BCUT2D eigenvalue weighted by Gasteiger charge is -2.26. The number of anilines is 2. The van der Waals surface area contributed by atoms with Gasteiger partial charge in [0.2, 0.25) is 11.8 Å². The topological polar surface area (TPSA) is 101 Å². The lowest BCUT2D eigenvalue weighted by Crippen LogP contribution is -2.46. The first-order valence-electron chi connectivity index (χ1n) is 12.2. The number of aliphatic imine (C=N–C) groups is 1. The molecule has 0 radical (unpaired) electrons. The average Bonchev–Trinajstić information content (AvgIpc) is 3.66. The van der Waals surface area contributed by atoms with Crippen molar-refractivity contribution >= 4 is 41.8 Å². The van der Waals surface area contributed by atoms with E-state index in [1.807, 2.05) is 13.8 Å². The van der Waals surface area contributed by atoms with Crippen LogP contribution in [-0.2, 0) is 14.3 Å². The molecule has 0 saturated heterocycles. The van der Waals surface area contributed by atoms with Gasteiger partial charge in [0, 0.05) is 36.3 Å². The third kappa shape index (κ3) is 8.15. The maximum Gasteiger partial charge on any atom is 0.233 e. The molecule has 8 nitrogen and oxygen atoms in total. The van der Waals surface area contributed by atoms with Crippen molar-refractivity contribution in [3.63, 3.8) is 0 Å². The number of ether oxygens (including phenoxy) is 2. The molecule has 198 valence electrons. The molecular formula is C28H35FN4O4. The molecular weight excluding hydrogens is 475 g/mol. The van der Waals surface area contributed by atoms with E-state index in [9.17, 15) is 14.0 Å². The summed E-state index contributed by atoms with van der Waals surface area (Å²) in [7, 11) is 1.56. The molecule has 37 heavy (non-hydrogen) atoms. The molecule has 9 heteroatoms. The van der Waals surface area contributed by atoms with E-state index in [-0.39, 0.29) is 28.9 Å². The van der Waals surface area contributed by atoms with E-state index in [1.165, 1.54) is 6.07 Å². The van der Waals surface area contributed by atoms with Gasteiger partial charge in [0.25, 0.3) is 0 Å². The first kappa shape index (κ1) is 27.9. The zero-order valence-corrected chi connectivity index (χ0v) is 21.8. The Morgan fingerprint density at radius 3 is 2.32 bits per heavy atom. The Balaban J connectivity index is 1.68. The van der Waals surface area contributed by atoms with Crippen molar-refractivity contribution in [1.29, 1.82) is 0 Å². The second kappa shape index (κ2) is 12.5. The predicted molar refractivity (Wildman–Crippen MR) is 144 cm³/mol. The van der Waals surface area contributed by atoms with Gasteiger partial charge in [0.15, 0.2) is 0 Å². The summed E-state index contributed by atoms with van der Waals surface area (Å²) >= 11 is 0. The highest BCUT2D eigenvalue weighted by atomic mass is 19.1. The average molecular weight is 511 g/mol. The van der Waals surface area contributed by atoms with Gasteiger partial charge < -0.3 is 25.4 Å². The van der Waals surface area contributed by atoms with Gasteiger partial charge >= 0.3 is 0 Å². The highest BCUT2D eigenvalue weighted by molar-refractivity contribution is 6.03. The highest BCUT2D eigenvalue weighted by Crippen LogP contribution is 2.39. The van der Waals surface area contributed by atoms with Crippen LogP contribution in [0.3, 0.4) is 0 Å². The summed E-state index contributed by atoms with van der Waals surface area (Å²) in [5.41, 5.74) is 0.860. The number of halogens is 1. The van der Waals surface area contributed by atoms with Crippen molar-refractivity contribution in [2.45, 2.75) is 45.6 Å². The number of rotatable bonds is 12. The Kier molecular flexibility index (Phi) is 9.41. The summed E-state index contributed by atoms with van der Waals surface area (Å²) in [6.45, 7) is 10.3. The number of hydrogen-bond donors (Lipinski definition) is 3. The summed E-state index contributed by atoms with van der Waals surface area (Å²) in [5, 5.41) is 9.41. The first-order chi connectivity index (χ1) is 17.6. The van der Waals surface area contributed by atoms with Gasteiger partial charge in [0.05, 0.1) is 11.8 Å². The molecule has 0 bridgehead atoms. The molecule has 0 aromatic heterocycles. The maximum atomic E-state index is 15.0. The third-order valence-electron chi connectivity index (χ3n) is 6.01. The SMILES string of the molecule is C=c1cc(OCCOC)cc(F)/c1=C(/N=C\C)Nc1ccc(NC(=O)CC(=O)NC(C)(C)C2CC2)cc1. The van der Waals surface area contributed by atoms with Crippen molar-refractivity contribution in [3.8, 4) is 5.75 Å². The van der Waals surface area contributed by atoms with Crippen LogP contribution in [0.25, 0.3) is 12.4 Å². The van der Waals surface area contributed by atoms with E-state index in [2.05, 4.69) is 27.5 Å². The van der Waals surface area contributed by atoms with Gasteiger partial charge in [-0.25, -0.2) is 9.38 Å². The molecule has 0 atom stereocenters. The summed E-state index contributed by atoms with van der Waals surface area (Å²) < 4.78 is 25.4. The first-order valence-corrected chi connectivity index (χ1v) is 12.2. The van der Waals surface area contributed by atoms with E-state index in [0.29, 0.717) is 41.5 Å². The smallest absolute Gasteiger partial charge is 0.233 e. The number of carbonyl (C=O) groups excluding carboxylic acids is 2. The van der Waals surface area contributed by atoms with Gasteiger partial charge in [-0.1, -0.05) is 6.58 Å². The summed E-state index contributed by atoms with van der Waals surface area (Å²) in [6.07, 6.45) is 3.49. The lowest BCUT2D eigenvalue weighted by atomic mass is 9.98. The van der Waals surface area contributed by atoms with Crippen molar-refractivity contribution in [1.82, 2.24) is 5.32 Å². The number of nitrogens with one attached hydrogen (secondary N) is 3. The van der Waals surface area contributed by atoms with Gasteiger partial charge in [-0.15, -0.1) is 0 Å². The van der Waals surface area contributed by atoms with Crippen molar-refractivity contribution < 1.29 is 23.5 Å². The van der Waals surface area contributed by atoms with Crippen molar-refractivity contribution in [3.05, 3.63) is 52.7 Å². The second-order valence-corrected chi connectivity index (χ2v) is 9.49. The largest absolute Gasteiger partial charge is 0.491 e. The normalized spacial score (nSPS) is 14.3. The molecule has 3 N–H and O–H groups in total. The molecule has 1 fully saturated rings. The maximum absolute atomic E-state index is 15.0. The lowest BCUT2D eigenvalue weighted by molar-refractivity contribution is -0.128. The Morgan fingerprint density at radius 2 is 1.76 bits per heavy atom.